The maximum Gasteiger partial charge on any atom is 0.243 e. The minimum Gasteiger partial charge on any atom is -0.314 e. The van der Waals surface area contributed by atoms with E-state index in [4.69, 9.17) is 0 Å². The molecule has 1 atom stereocenters. The summed E-state index contributed by atoms with van der Waals surface area (Å²) in [6.07, 6.45) is 0.820. The summed E-state index contributed by atoms with van der Waals surface area (Å²) in [7, 11) is -1.85. The molecule has 4 rings (SSSR count). The standard InChI is InChI=1S/C21H24N2O3S/c1-21(2)18-13-17(9-10-19(18)22(3)20(21)24)27(25,26)23-12-11-16(14-23)15-7-5-4-6-8-15/h4-10,13,16H,11-12,14H2,1-3H3/t16-/m0/s1. The molecule has 0 radical (unpaired) electrons. The average molecular weight is 385 g/mol. The van der Waals surface area contributed by atoms with Crippen molar-refractivity contribution in [3.63, 3.8) is 0 Å². The van der Waals surface area contributed by atoms with Crippen molar-refractivity contribution < 1.29 is 13.2 Å². The first-order valence-corrected chi connectivity index (χ1v) is 10.6. The number of rotatable bonds is 3. The van der Waals surface area contributed by atoms with Crippen LogP contribution in [0.5, 0.6) is 0 Å². The van der Waals surface area contributed by atoms with Crippen LogP contribution < -0.4 is 4.90 Å². The topological polar surface area (TPSA) is 57.7 Å². The van der Waals surface area contributed by atoms with Gasteiger partial charge in [0.1, 0.15) is 0 Å². The van der Waals surface area contributed by atoms with Gasteiger partial charge in [-0.1, -0.05) is 30.3 Å². The number of nitrogens with zero attached hydrogens (tertiary/aromatic N) is 2. The van der Waals surface area contributed by atoms with Gasteiger partial charge in [0, 0.05) is 25.8 Å². The fraction of sp³-hybridized carbons (Fsp3) is 0.381. The first-order valence-electron chi connectivity index (χ1n) is 9.20. The Bertz CT molecular complexity index is 999. The third-order valence-corrected chi connectivity index (χ3v) is 7.76. The summed E-state index contributed by atoms with van der Waals surface area (Å²) in [5.41, 5.74) is 2.02. The second-order valence-corrected chi connectivity index (χ2v) is 9.87. The molecule has 0 unspecified atom stereocenters. The van der Waals surface area contributed by atoms with Crippen LogP contribution in [0, 0.1) is 0 Å². The van der Waals surface area contributed by atoms with Crippen molar-refractivity contribution >= 4 is 21.6 Å². The molecule has 0 aromatic heterocycles. The lowest BCUT2D eigenvalue weighted by atomic mass is 9.86. The molecule has 2 aliphatic heterocycles. The number of carbonyl (C=O) groups excluding carboxylic acids is 1. The molecule has 0 aliphatic carbocycles. The van der Waals surface area contributed by atoms with Gasteiger partial charge in [-0.25, -0.2) is 8.42 Å². The molecule has 142 valence electrons. The Kier molecular flexibility index (Phi) is 4.16. The molecular formula is C21H24N2O3S. The molecule has 2 aromatic carbocycles. The van der Waals surface area contributed by atoms with Crippen LogP contribution in [0.4, 0.5) is 5.69 Å². The maximum atomic E-state index is 13.2. The second-order valence-electron chi connectivity index (χ2n) is 7.93. The first-order chi connectivity index (χ1) is 12.7. The van der Waals surface area contributed by atoms with Crippen molar-refractivity contribution in [1.82, 2.24) is 4.31 Å². The molecule has 6 heteroatoms. The summed E-state index contributed by atoms with van der Waals surface area (Å²) in [6.45, 7) is 4.69. The molecule has 2 aliphatic rings. The lowest BCUT2D eigenvalue weighted by Gasteiger charge is -2.19. The number of amides is 1. The van der Waals surface area contributed by atoms with Crippen molar-refractivity contribution in [1.29, 1.82) is 0 Å². The highest BCUT2D eigenvalue weighted by molar-refractivity contribution is 7.89. The third kappa shape index (κ3) is 2.78. The second kappa shape index (κ2) is 6.17. The van der Waals surface area contributed by atoms with Crippen LogP contribution in [0.15, 0.2) is 53.4 Å². The van der Waals surface area contributed by atoms with Crippen molar-refractivity contribution in [2.75, 3.05) is 25.0 Å². The van der Waals surface area contributed by atoms with Crippen molar-refractivity contribution in [3.05, 3.63) is 59.7 Å². The molecule has 0 bridgehead atoms. The van der Waals surface area contributed by atoms with E-state index in [9.17, 15) is 13.2 Å². The number of sulfonamides is 1. The monoisotopic (exact) mass is 384 g/mol. The van der Waals surface area contributed by atoms with Gasteiger partial charge in [0.15, 0.2) is 0 Å². The van der Waals surface area contributed by atoms with E-state index >= 15 is 0 Å². The number of carbonyl (C=O) groups is 1. The van der Waals surface area contributed by atoms with Gasteiger partial charge in [0.2, 0.25) is 15.9 Å². The summed E-state index contributed by atoms with van der Waals surface area (Å²) < 4.78 is 28.0. The van der Waals surface area contributed by atoms with Gasteiger partial charge < -0.3 is 4.90 Å². The molecule has 2 aromatic rings. The van der Waals surface area contributed by atoms with Crippen LogP contribution in [0.2, 0.25) is 0 Å². The number of anilines is 1. The highest BCUT2D eigenvalue weighted by Gasteiger charge is 2.43. The Labute approximate surface area is 160 Å². The Morgan fingerprint density at radius 1 is 1.07 bits per heavy atom. The normalized spacial score (nSPS) is 22.3. The summed E-state index contributed by atoms with van der Waals surface area (Å²) in [4.78, 5) is 14.3. The van der Waals surface area contributed by atoms with Gasteiger partial charge in [0.05, 0.1) is 10.3 Å². The number of benzene rings is 2. The van der Waals surface area contributed by atoms with Gasteiger partial charge in [-0.05, 0) is 55.5 Å². The van der Waals surface area contributed by atoms with Crippen LogP contribution in [0.1, 0.15) is 37.3 Å². The van der Waals surface area contributed by atoms with E-state index < -0.39 is 15.4 Å². The number of likely N-dealkylation sites (N-methyl/N-ethyl adjacent to an activating group) is 1. The zero-order valence-electron chi connectivity index (χ0n) is 15.8. The molecule has 0 saturated carbocycles. The zero-order valence-corrected chi connectivity index (χ0v) is 16.7. The van der Waals surface area contributed by atoms with E-state index in [1.54, 1.807) is 34.5 Å². The number of hydrogen-bond donors (Lipinski definition) is 0. The zero-order chi connectivity index (χ0) is 19.4. The van der Waals surface area contributed by atoms with E-state index in [2.05, 4.69) is 12.1 Å². The van der Waals surface area contributed by atoms with Crippen LogP contribution in [-0.4, -0.2) is 38.8 Å². The molecule has 0 spiro atoms. The van der Waals surface area contributed by atoms with Crippen LogP contribution in [0.3, 0.4) is 0 Å². The average Bonchev–Trinajstić information content (AvgIpc) is 3.23. The van der Waals surface area contributed by atoms with Gasteiger partial charge >= 0.3 is 0 Å². The van der Waals surface area contributed by atoms with E-state index in [0.29, 0.717) is 13.1 Å². The van der Waals surface area contributed by atoms with Crippen LogP contribution in [0.25, 0.3) is 0 Å². The summed E-state index contributed by atoms with van der Waals surface area (Å²) in [5, 5.41) is 0. The van der Waals surface area contributed by atoms with Gasteiger partial charge in [-0.3, -0.25) is 4.79 Å². The quantitative estimate of drug-likeness (QED) is 0.817. The van der Waals surface area contributed by atoms with E-state index in [1.165, 1.54) is 5.56 Å². The fourth-order valence-electron chi connectivity index (χ4n) is 4.21. The Hall–Kier alpha value is -2.18. The Balaban J connectivity index is 1.65. The largest absolute Gasteiger partial charge is 0.314 e. The third-order valence-electron chi connectivity index (χ3n) is 5.90. The smallest absolute Gasteiger partial charge is 0.243 e. The fourth-order valence-corrected chi connectivity index (χ4v) is 5.73. The minimum absolute atomic E-state index is 0.0163. The molecule has 1 saturated heterocycles. The van der Waals surface area contributed by atoms with Crippen molar-refractivity contribution in [2.24, 2.45) is 0 Å². The minimum atomic E-state index is -3.58. The first kappa shape index (κ1) is 18.2. The lowest BCUT2D eigenvalue weighted by Crippen LogP contribution is -2.33. The van der Waals surface area contributed by atoms with Crippen molar-refractivity contribution in [2.45, 2.75) is 36.5 Å². The predicted octanol–water partition coefficient (Wildman–Crippen LogP) is 3.12. The van der Waals surface area contributed by atoms with Crippen LogP contribution in [-0.2, 0) is 20.2 Å². The molecule has 2 heterocycles. The highest BCUT2D eigenvalue weighted by atomic mass is 32.2. The summed E-state index contributed by atoms with van der Waals surface area (Å²) in [6, 6.07) is 15.1. The van der Waals surface area contributed by atoms with E-state index in [-0.39, 0.29) is 16.7 Å². The number of fused-ring (bicyclic) bond motifs is 1. The van der Waals surface area contributed by atoms with E-state index in [0.717, 1.165) is 17.7 Å². The Morgan fingerprint density at radius 3 is 2.48 bits per heavy atom. The van der Waals surface area contributed by atoms with E-state index in [1.807, 2.05) is 32.0 Å². The molecule has 1 fully saturated rings. The molecule has 1 amide bonds. The van der Waals surface area contributed by atoms with Gasteiger partial charge in [-0.2, -0.15) is 4.31 Å². The molecule has 5 nitrogen and oxygen atoms in total. The predicted molar refractivity (Wildman–Crippen MR) is 105 cm³/mol. The Morgan fingerprint density at radius 2 is 1.78 bits per heavy atom. The number of hydrogen-bond acceptors (Lipinski definition) is 3. The molecular weight excluding hydrogens is 360 g/mol. The summed E-state index contributed by atoms with van der Waals surface area (Å²) in [5.74, 6) is 0.205. The molecule has 0 N–H and O–H groups in total. The lowest BCUT2D eigenvalue weighted by molar-refractivity contribution is -0.121. The van der Waals surface area contributed by atoms with Crippen molar-refractivity contribution in [3.8, 4) is 0 Å². The highest BCUT2D eigenvalue weighted by Crippen LogP contribution is 2.42. The van der Waals surface area contributed by atoms with Gasteiger partial charge in [-0.15, -0.1) is 0 Å². The summed E-state index contributed by atoms with van der Waals surface area (Å²) >= 11 is 0. The SMILES string of the molecule is CN1C(=O)C(C)(C)c2cc(S(=O)(=O)N3CC[C@H](c4ccccc4)C3)ccc21. The molecule has 27 heavy (non-hydrogen) atoms. The van der Waals surface area contributed by atoms with Crippen LogP contribution >= 0.6 is 0 Å². The maximum absolute atomic E-state index is 13.2. The van der Waals surface area contributed by atoms with Gasteiger partial charge in [0.25, 0.3) is 0 Å².